The standard InChI is InChI=1S/C19H34/c1-9-14(4)15-12-13-16(18(5,6)7)17(15)19(8,10-2)11-3/h12-14,17H,9-11H2,1-8H3. The molecule has 0 aromatic heterocycles. The van der Waals surface area contributed by atoms with Crippen molar-refractivity contribution in [3.8, 4) is 0 Å². The summed E-state index contributed by atoms with van der Waals surface area (Å²) in [6.45, 7) is 19.0. The number of allylic oxidation sites excluding steroid dienone is 4. The lowest BCUT2D eigenvalue weighted by atomic mass is 9.62. The molecule has 0 radical (unpaired) electrons. The van der Waals surface area contributed by atoms with Crippen molar-refractivity contribution in [2.24, 2.45) is 22.7 Å². The van der Waals surface area contributed by atoms with Gasteiger partial charge in [-0.3, -0.25) is 0 Å². The predicted molar refractivity (Wildman–Crippen MR) is 87.3 cm³/mol. The van der Waals surface area contributed by atoms with Crippen molar-refractivity contribution in [1.29, 1.82) is 0 Å². The third-order valence-electron chi connectivity index (χ3n) is 5.46. The normalized spacial score (nSPS) is 22.2. The Hall–Kier alpha value is -0.520. The topological polar surface area (TPSA) is 0 Å². The van der Waals surface area contributed by atoms with Gasteiger partial charge in [0.15, 0.2) is 0 Å². The molecule has 0 aliphatic heterocycles. The van der Waals surface area contributed by atoms with E-state index < -0.39 is 0 Å². The molecule has 0 amide bonds. The van der Waals surface area contributed by atoms with Crippen molar-refractivity contribution in [2.45, 2.75) is 74.7 Å². The number of hydrogen-bond donors (Lipinski definition) is 0. The summed E-state index contributed by atoms with van der Waals surface area (Å²) in [6, 6.07) is 0. The minimum absolute atomic E-state index is 0.280. The highest BCUT2D eigenvalue weighted by Gasteiger charge is 2.42. The summed E-state index contributed by atoms with van der Waals surface area (Å²) in [6.07, 6.45) is 8.63. The lowest BCUT2D eigenvalue weighted by Gasteiger charge is -2.43. The molecule has 0 fully saturated rings. The molecule has 0 heterocycles. The Morgan fingerprint density at radius 2 is 1.53 bits per heavy atom. The maximum Gasteiger partial charge on any atom is 0.00747 e. The molecule has 1 aliphatic rings. The molecule has 0 aromatic carbocycles. The summed E-state index contributed by atoms with van der Waals surface area (Å²) in [7, 11) is 0. The van der Waals surface area contributed by atoms with Crippen molar-refractivity contribution >= 4 is 0 Å². The molecule has 0 heteroatoms. The Bertz CT molecular complexity index is 358. The lowest BCUT2D eigenvalue weighted by Crippen LogP contribution is -2.33. The van der Waals surface area contributed by atoms with Crippen LogP contribution in [0.15, 0.2) is 23.3 Å². The summed E-state index contributed by atoms with van der Waals surface area (Å²) in [4.78, 5) is 0. The highest BCUT2D eigenvalue weighted by molar-refractivity contribution is 5.40. The Morgan fingerprint density at radius 3 is 1.89 bits per heavy atom. The minimum Gasteiger partial charge on any atom is -0.0648 e. The highest BCUT2D eigenvalue weighted by atomic mass is 14.5. The number of rotatable bonds is 5. The Kier molecular flexibility index (Phi) is 5.09. The Morgan fingerprint density at radius 1 is 1.00 bits per heavy atom. The van der Waals surface area contributed by atoms with E-state index in [2.05, 4.69) is 67.5 Å². The van der Waals surface area contributed by atoms with Crippen molar-refractivity contribution in [1.82, 2.24) is 0 Å². The summed E-state index contributed by atoms with van der Waals surface area (Å²) in [5.74, 6) is 1.36. The van der Waals surface area contributed by atoms with Crippen LogP contribution in [0.2, 0.25) is 0 Å². The van der Waals surface area contributed by atoms with Crippen molar-refractivity contribution < 1.29 is 0 Å². The van der Waals surface area contributed by atoms with E-state index in [1.54, 1.807) is 11.1 Å². The van der Waals surface area contributed by atoms with Crippen molar-refractivity contribution in [3.63, 3.8) is 0 Å². The van der Waals surface area contributed by atoms with Gasteiger partial charge in [0, 0.05) is 5.92 Å². The lowest BCUT2D eigenvalue weighted by molar-refractivity contribution is 0.196. The van der Waals surface area contributed by atoms with Gasteiger partial charge in [-0.2, -0.15) is 0 Å². The van der Waals surface area contributed by atoms with E-state index in [9.17, 15) is 0 Å². The summed E-state index contributed by atoms with van der Waals surface area (Å²) in [5, 5.41) is 0. The molecule has 2 atom stereocenters. The molecule has 0 aromatic rings. The van der Waals surface area contributed by atoms with Crippen LogP contribution >= 0.6 is 0 Å². The predicted octanol–water partition coefficient (Wildman–Crippen LogP) is 6.39. The van der Waals surface area contributed by atoms with Gasteiger partial charge in [0.05, 0.1) is 0 Å². The maximum absolute atomic E-state index is 2.48. The highest BCUT2D eigenvalue weighted by Crippen LogP contribution is 2.53. The van der Waals surface area contributed by atoms with Gasteiger partial charge in [-0.05, 0) is 36.0 Å². The molecule has 19 heavy (non-hydrogen) atoms. The Labute approximate surface area is 121 Å². The van der Waals surface area contributed by atoms with Gasteiger partial charge in [-0.15, -0.1) is 0 Å². The van der Waals surface area contributed by atoms with Crippen LogP contribution < -0.4 is 0 Å². The first-order chi connectivity index (χ1) is 8.71. The van der Waals surface area contributed by atoms with E-state index >= 15 is 0 Å². The van der Waals surface area contributed by atoms with Crippen LogP contribution in [-0.4, -0.2) is 0 Å². The summed E-state index contributed by atoms with van der Waals surface area (Å²) in [5.41, 5.74) is 4.01. The van der Waals surface area contributed by atoms with E-state index in [0.717, 1.165) is 0 Å². The molecule has 0 bridgehead atoms. The molecule has 0 spiro atoms. The van der Waals surface area contributed by atoms with E-state index in [0.29, 0.717) is 17.3 Å². The fraction of sp³-hybridized carbons (Fsp3) is 0.789. The third-order valence-corrected chi connectivity index (χ3v) is 5.46. The molecule has 0 saturated heterocycles. The van der Waals surface area contributed by atoms with Crippen LogP contribution in [0.1, 0.15) is 74.7 Å². The van der Waals surface area contributed by atoms with Gasteiger partial charge < -0.3 is 0 Å². The first kappa shape index (κ1) is 16.5. The fourth-order valence-corrected chi connectivity index (χ4v) is 3.36. The monoisotopic (exact) mass is 262 g/mol. The summed E-state index contributed by atoms with van der Waals surface area (Å²) < 4.78 is 0. The average Bonchev–Trinajstić information content (AvgIpc) is 2.82. The van der Waals surface area contributed by atoms with E-state index in [4.69, 9.17) is 0 Å². The second-order valence-corrected chi connectivity index (χ2v) is 7.64. The van der Waals surface area contributed by atoms with Crippen LogP contribution in [-0.2, 0) is 0 Å². The second-order valence-electron chi connectivity index (χ2n) is 7.64. The zero-order chi connectivity index (χ0) is 14.8. The first-order valence-electron chi connectivity index (χ1n) is 8.13. The van der Waals surface area contributed by atoms with Crippen LogP contribution in [0, 0.1) is 22.7 Å². The van der Waals surface area contributed by atoms with Gasteiger partial charge in [0.25, 0.3) is 0 Å². The van der Waals surface area contributed by atoms with Gasteiger partial charge in [0.2, 0.25) is 0 Å². The van der Waals surface area contributed by atoms with Gasteiger partial charge in [-0.25, -0.2) is 0 Å². The molecule has 110 valence electrons. The van der Waals surface area contributed by atoms with Gasteiger partial charge in [0.1, 0.15) is 0 Å². The number of hydrogen-bond acceptors (Lipinski definition) is 0. The van der Waals surface area contributed by atoms with Crippen LogP contribution in [0.4, 0.5) is 0 Å². The molecule has 0 saturated carbocycles. The van der Waals surface area contributed by atoms with Crippen molar-refractivity contribution in [2.75, 3.05) is 0 Å². The quantitative estimate of drug-likeness (QED) is 0.538. The molecule has 0 nitrogen and oxygen atoms in total. The largest absolute Gasteiger partial charge is 0.0648 e. The fourth-order valence-electron chi connectivity index (χ4n) is 3.36. The van der Waals surface area contributed by atoms with Crippen LogP contribution in [0.5, 0.6) is 0 Å². The zero-order valence-corrected chi connectivity index (χ0v) is 14.4. The third kappa shape index (κ3) is 3.15. The smallest absolute Gasteiger partial charge is 0.00747 e. The van der Waals surface area contributed by atoms with Crippen molar-refractivity contribution in [3.05, 3.63) is 23.3 Å². The van der Waals surface area contributed by atoms with Gasteiger partial charge >= 0.3 is 0 Å². The second kappa shape index (κ2) is 5.85. The van der Waals surface area contributed by atoms with Crippen LogP contribution in [0.25, 0.3) is 0 Å². The molecule has 1 rings (SSSR count). The average molecular weight is 262 g/mol. The van der Waals surface area contributed by atoms with Crippen LogP contribution in [0.3, 0.4) is 0 Å². The molecule has 1 aliphatic carbocycles. The van der Waals surface area contributed by atoms with E-state index in [1.807, 2.05) is 0 Å². The van der Waals surface area contributed by atoms with E-state index in [-0.39, 0.29) is 5.41 Å². The molecular formula is C19H34. The van der Waals surface area contributed by atoms with E-state index in [1.165, 1.54) is 19.3 Å². The Balaban J connectivity index is 3.22. The maximum atomic E-state index is 2.48. The minimum atomic E-state index is 0.280. The van der Waals surface area contributed by atoms with Gasteiger partial charge in [-0.1, -0.05) is 78.7 Å². The zero-order valence-electron chi connectivity index (χ0n) is 14.4. The SMILES string of the molecule is CCC(C)C1=CC=C(C(C)(C)C)C1C(C)(CC)CC. The summed E-state index contributed by atoms with van der Waals surface area (Å²) >= 11 is 0. The molecule has 2 unspecified atom stereocenters. The molecular weight excluding hydrogens is 228 g/mol. The molecule has 0 N–H and O–H groups in total. The first-order valence-corrected chi connectivity index (χ1v) is 8.13.